The van der Waals surface area contributed by atoms with Crippen molar-refractivity contribution in [3.8, 4) is 6.07 Å². The fourth-order valence-electron chi connectivity index (χ4n) is 6.10. The first kappa shape index (κ1) is 31.6. The van der Waals surface area contributed by atoms with Gasteiger partial charge in [-0.3, -0.25) is 4.99 Å². The van der Waals surface area contributed by atoms with Crippen molar-refractivity contribution in [2.75, 3.05) is 39.8 Å². The predicted octanol–water partition coefficient (Wildman–Crippen LogP) is 6.25. The van der Waals surface area contributed by atoms with Crippen LogP contribution in [0.1, 0.15) is 82.9 Å². The minimum atomic E-state index is -0.258. The van der Waals surface area contributed by atoms with Gasteiger partial charge < -0.3 is 20.4 Å². The van der Waals surface area contributed by atoms with Gasteiger partial charge in [-0.1, -0.05) is 44.1 Å². The minimum absolute atomic E-state index is 0.175. The number of piperazine rings is 1. The Hall–Kier alpha value is -2.88. The summed E-state index contributed by atoms with van der Waals surface area (Å²) in [6.45, 7) is 17.7. The second kappa shape index (κ2) is 15.2. The van der Waals surface area contributed by atoms with E-state index in [1.54, 1.807) is 6.08 Å². The van der Waals surface area contributed by atoms with Crippen LogP contribution in [0.5, 0.6) is 0 Å². The van der Waals surface area contributed by atoms with E-state index < -0.39 is 0 Å². The first-order valence-electron chi connectivity index (χ1n) is 15.2. The van der Waals surface area contributed by atoms with Gasteiger partial charge in [0.2, 0.25) is 0 Å². The second-order valence-electron chi connectivity index (χ2n) is 11.8. The summed E-state index contributed by atoms with van der Waals surface area (Å²) in [5.74, 6) is 0. The third kappa shape index (κ3) is 8.56. The zero-order valence-corrected chi connectivity index (χ0v) is 25.8. The molecule has 4 rings (SSSR count). The van der Waals surface area contributed by atoms with E-state index in [2.05, 4.69) is 78.6 Å². The van der Waals surface area contributed by atoms with Crippen molar-refractivity contribution in [3.63, 3.8) is 0 Å². The maximum atomic E-state index is 10.0. The Labute approximate surface area is 243 Å². The standard InChI is InChI=1S/C31H46N6.C3H6/c1-5-8-29(21-31(23-32)12-6-7-13-31)37-14-11-26-9-10-27(20-28(26)22-37)30(34-25(3)33)19-24(2)36-17-15-35(4)16-18-36;1-3-2/h8-10,19-20,25H,5-7,11-18,21-22,33H2,1-4H3;3H,1H2,2H3/b24-19+,29-8-,34-30+;. The van der Waals surface area contributed by atoms with E-state index in [4.69, 9.17) is 10.7 Å². The van der Waals surface area contributed by atoms with Crippen LogP contribution in [0.3, 0.4) is 0 Å². The third-order valence-corrected chi connectivity index (χ3v) is 8.37. The number of nitrogens with two attached hydrogens (primary N) is 1. The van der Waals surface area contributed by atoms with E-state index >= 15 is 0 Å². The average molecular weight is 545 g/mol. The van der Waals surface area contributed by atoms with Crippen molar-refractivity contribution < 1.29 is 0 Å². The number of likely N-dealkylation sites (N-methyl/N-ethyl adjacent to an activating group) is 1. The van der Waals surface area contributed by atoms with Crippen molar-refractivity contribution in [2.24, 2.45) is 16.1 Å². The van der Waals surface area contributed by atoms with Crippen molar-refractivity contribution in [2.45, 2.75) is 85.4 Å². The maximum Gasteiger partial charge on any atom is 0.0948 e. The summed E-state index contributed by atoms with van der Waals surface area (Å²) >= 11 is 0. The van der Waals surface area contributed by atoms with Gasteiger partial charge in [0, 0.05) is 62.6 Å². The Morgan fingerprint density at radius 1 is 1.15 bits per heavy atom. The fraction of sp³-hybridized carbons (Fsp3) is 0.588. The number of nitrogens with zero attached hydrogens (tertiary/aromatic N) is 5. The molecule has 6 nitrogen and oxygen atoms in total. The van der Waals surface area contributed by atoms with Gasteiger partial charge in [0.05, 0.1) is 23.4 Å². The Balaban J connectivity index is 0.00000141. The Kier molecular flexibility index (Phi) is 12.0. The van der Waals surface area contributed by atoms with Crippen LogP contribution in [-0.2, 0) is 13.0 Å². The molecule has 1 aromatic rings. The molecule has 1 saturated carbocycles. The van der Waals surface area contributed by atoms with Crippen LogP contribution in [-0.4, -0.2) is 66.3 Å². The Morgan fingerprint density at radius 3 is 2.42 bits per heavy atom. The summed E-state index contributed by atoms with van der Waals surface area (Å²) in [4.78, 5) is 12.2. The molecule has 1 saturated heterocycles. The van der Waals surface area contributed by atoms with Gasteiger partial charge in [0.1, 0.15) is 0 Å². The first-order chi connectivity index (χ1) is 19.2. The summed E-state index contributed by atoms with van der Waals surface area (Å²) < 4.78 is 0. The molecule has 218 valence electrons. The molecule has 0 aromatic heterocycles. The molecule has 2 N–H and O–H groups in total. The molecule has 0 amide bonds. The summed E-state index contributed by atoms with van der Waals surface area (Å²) in [5.41, 5.74) is 13.5. The van der Waals surface area contributed by atoms with E-state index in [0.29, 0.717) is 0 Å². The number of rotatable bonds is 8. The van der Waals surface area contributed by atoms with Crippen LogP contribution in [0.2, 0.25) is 0 Å². The normalized spacial score (nSPS) is 20.8. The number of aliphatic imine (C=N–C) groups is 1. The topological polar surface area (TPSA) is 71.9 Å². The van der Waals surface area contributed by atoms with E-state index in [9.17, 15) is 5.26 Å². The quantitative estimate of drug-likeness (QED) is 0.309. The third-order valence-electron chi connectivity index (χ3n) is 8.37. The molecular weight excluding hydrogens is 492 g/mol. The van der Waals surface area contributed by atoms with Crippen molar-refractivity contribution in [3.05, 3.63) is 71.1 Å². The van der Waals surface area contributed by atoms with Gasteiger partial charge >= 0.3 is 0 Å². The highest BCUT2D eigenvalue weighted by Gasteiger charge is 2.36. The zero-order valence-electron chi connectivity index (χ0n) is 25.8. The van der Waals surface area contributed by atoms with Gasteiger partial charge in [-0.2, -0.15) is 5.26 Å². The molecule has 0 spiro atoms. The van der Waals surface area contributed by atoms with Crippen LogP contribution in [0.15, 0.2) is 59.4 Å². The number of allylic oxidation sites excluding steroid dienone is 5. The molecule has 0 radical (unpaired) electrons. The molecule has 1 aliphatic carbocycles. The lowest BCUT2D eigenvalue weighted by molar-refractivity contribution is 0.187. The van der Waals surface area contributed by atoms with Crippen molar-refractivity contribution in [1.82, 2.24) is 14.7 Å². The first-order valence-corrected chi connectivity index (χ1v) is 15.2. The van der Waals surface area contributed by atoms with Gasteiger partial charge in [0.25, 0.3) is 0 Å². The lowest BCUT2D eigenvalue weighted by Crippen LogP contribution is -2.43. The van der Waals surface area contributed by atoms with E-state index in [1.165, 1.54) is 35.4 Å². The van der Waals surface area contributed by atoms with Crippen LogP contribution < -0.4 is 5.73 Å². The molecular formula is C34H52N6. The molecule has 1 unspecified atom stereocenters. The minimum Gasteiger partial charge on any atom is -0.372 e. The van der Waals surface area contributed by atoms with Crippen LogP contribution in [0.4, 0.5) is 0 Å². The zero-order chi connectivity index (χ0) is 29.1. The van der Waals surface area contributed by atoms with Crippen molar-refractivity contribution in [1.29, 1.82) is 5.26 Å². The predicted molar refractivity (Wildman–Crippen MR) is 169 cm³/mol. The van der Waals surface area contributed by atoms with Gasteiger partial charge in [-0.25, -0.2) is 0 Å². The van der Waals surface area contributed by atoms with E-state index in [1.807, 2.05) is 13.8 Å². The summed E-state index contributed by atoms with van der Waals surface area (Å²) in [7, 11) is 2.19. The number of hydrogen-bond acceptors (Lipinski definition) is 6. The van der Waals surface area contributed by atoms with E-state index in [0.717, 1.165) is 82.6 Å². The fourth-order valence-corrected chi connectivity index (χ4v) is 6.10. The molecule has 1 atom stereocenters. The number of benzene rings is 1. The molecule has 0 bridgehead atoms. The van der Waals surface area contributed by atoms with Crippen LogP contribution in [0, 0.1) is 16.7 Å². The largest absolute Gasteiger partial charge is 0.372 e. The molecule has 40 heavy (non-hydrogen) atoms. The lowest BCUT2D eigenvalue weighted by atomic mass is 9.82. The monoisotopic (exact) mass is 544 g/mol. The summed E-state index contributed by atoms with van der Waals surface area (Å²) in [6, 6.07) is 9.54. The highest BCUT2D eigenvalue weighted by Crippen LogP contribution is 2.43. The summed E-state index contributed by atoms with van der Waals surface area (Å²) in [5, 5.41) is 10.0. The number of hydrogen-bond donors (Lipinski definition) is 1. The van der Waals surface area contributed by atoms with Gasteiger partial charge in [-0.05, 0) is 76.8 Å². The number of nitriles is 1. The second-order valence-corrected chi connectivity index (χ2v) is 11.8. The SMILES string of the molecule is C=CC.CC/C=C(/CC1(C#N)CCCC1)N1CCc2ccc(C(/C=C(\C)N3CCN(C)CC3)=N/C(C)N)cc2C1. The lowest BCUT2D eigenvalue weighted by Gasteiger charge is -2.36. The molecule has 2 fully saturated rings. The van der Waals surface area contributed by atoms with Gasteiger partial charge in [0.15, 0.2) is 0 Å². The van der Waals surface area contributed by atoms with Crippen LogP contribution >= 0.6 is 0 Å². The summed E-state index contributed by atoms with van der Waals surface area (Å²) in [6.07, 6.45) is 13.4. The number of fused-ring (bicyclic) bond motifs is 1. The highest BCUT2D eigenvalue weighted by atomic mass is 15.2. The highest BCUT2D eigenvalue weighted by molar-refractivity contribution is 6.09. The smallest absolute Gasteiger partial charge is 0.0948 e. The molecule has 3 aliphatic rings. The maximum absolute atomic E-state index is 10.0. The van der Waals surface area contributed by atoms with Gasteiger partial charge in [-0.15, -0.1) is 6.58 Å². The molecule has 2 heterocycles. The average Bonchev–Trinajstić information content (AvgIpc) is 3.41. The Bertz CT molecular complexity index is 1110. The molecule has 1 aromatic carbocycles. The Morgan fingerprint density at radius 2 is 1.82 bits per heavy atom. The van der Waals surface area contributed by atoms with E-state index in [-0.39, 0.29) is 11.6 Å². The molecule has 2 aliphatic heterocycles. The molecule has 6 heteroatoms. The van der Waals surface area contributed by atoms with Crippen LogP contribution in [0.25, 0.3) is 0 Å². The van der Waals surface area contributed by atoms with Crippen molar-refractivity contribution >= 4 is 5.71 Å².